The minimum Gasteiger partial charge on any atom is -0.491 e. The number of fused-ring (bicyclic) bond motifs is 1. The molecule has 1 spiro atoms. The predicted molar refractivity (Wildman–Crippen MR) is 141 cm³/mol. The van der Waals surface area contributed by atoms with Gasteiger partial charge in [-0.25, -0.2) is 13.8 Å². The zero-order valence-corrected chi connectivity index (χ0v) is 21.8. The van der Waals surface area contributed by atoms with Gasteiger partial charge in [0.2, 0.25) is 0 Å². The van der Waals surface area contributed by atoms with Crippen molar-refractivity contribution in [2.75, 3.05) is 32.8 Å². The number of ether oxygens (including phenoxy) is 1. The zero-order chi connectivity index (χ0) is 27.2. The van der Waals surface area contributed by atoms with E-state index in [-0.39, 0.29) is 28.5 Å². The SMILES string of the molecule is O=C(c1cc(F)cc(F)c1)N1CCC2(CCCCc3ccccc3OCCN(C(=O)c3cnccn3)C2)CC1. The number of carbonyl (C=O) groups is 2. The molecule has 5 rings (SSSR count). The van der Waals surface area contributed by atoms with Crippen LogP contribution in [0.4, 0.5) is 8.78 Å². The highest BCUT2D eigenvalue weighted by Crippen LogP contribution is 2.39. The first kappa shape index (κ1) is 26.7. The molecule has 0 atom stereocenters. The Labute approximate surface area is 226 Å². The van der Waals surface area contributed by atoms with Crippen LogP contribution in [0.3, 0.4) is 0 Å². The first-order chi connectivity index (χ1) is 18.9. The third-order valence-electron chi connectivity index (χ3n) is 7.81. The van der Waals surface area contributed by atoms with Gasteiger partial charge in [0, 0.05) is 43.7 Å². The molecule has 1 saturated heterocycles. The van der Waals surface area contributed by atoms with Crippen LogP contribution in [-0.4, -0.2) is 64.4 Å². The number of piperidine rings is 1. The highest BCUT2D eigenvalue weighted by Gasteiger charge is 2.39. The fourth-order valence-corrected chi connectivity index (χ4v) is 5.69. The number of rotatable bonds is 2. The average molecular weight is 535 g/mol. The summed E-state index contributed by atoms with van der Waals surface area (Å²) < 4.78 is 33.6. The smallest absolute Gasteiger partial charge is 0.274 e. The van der Waals surface area contributed by atoms with Crippen molar-refractivity contribution in [2.24, 2.45) is 5.41 Å². The molecule has 9 heteroatoms. The second-order valence-corrected chi connectivity index (χ2v) is 10.4. The highest BCUT2D eigenvalue weighted by molar-refractivity contribution is 5.94. The van der Waals surface area contributed by atoms with E-state index < -0.39 is 11.6 Å². The summed E-state index contributed by atoms with van der Waals surface area (Å²) in [4.78, 5) is 38.3. The predicted octanol–water partition coefficient (Wildman–Crippen LogP) is 4.93. The molecule has 3 heterocycles. The summed E-state index contributed by atoms with van der Waals surface area (Å²) >= 11 is 0. The van der Waals surface area contributed by atoms with Crippen molar-refractivity contribution in [3.05, 3.63) is 89.5 Å². The van der Waals surface area contributed by atoms with Crippen molar-refractivity contribution in [1.82, 2.24) is 19.8 Å². The van der Waals surface area contributed by atoms with Crippen LogP contribution >= 0.6 is 0 Å². The molecule has 0 radical (unpaired) electrons. The topological polar surface area (TPSA) is 75.6 Å². The first-order valence-electron chi connectivity index (χ1n) is 13.4. The number of likely N-dealkylation sites (tertiary alicyclic amines) is 1. The van der Waals surface area contributed by atoms with Gasteiger partial charge in [-0.15, -0.1) is 0 Å². The van der Waals surface area contributed by atoms with Crippen molar-refractivity contribution in [1.29, 1.82) is 0 Å². The van der Waals surface area contributed by atoms with E-state index in [2.05, 4.69) is 16.0 Å². The van der Waals surface area contributed by atoms with Gasteiger partial charge in [0.05, 0.1) is 12.7 Å². The third-order valence-corrected chi connectivity index (χ3v) is 7.81. The first-order valence-corrected chi connectivity index (χ1v) is 13.4. The highest BCUT2D eigenvalue weighted by atomic mass is 19.1. The molecule has 0 saturated carbocycles. The number of carbonyl (C=O) groups excluding carboxylic acids is 2. The fourth-order valence-electron chi connectivity index (χ4n) is 5.69. The summed E-state index contributed by atoms with van der Waals surface area (Å²) in [7, 11) is 0. The summed E-state index contributed by atoms with van der Waals surface area (Å²) in [6, 6.07) is 10.9. The van der Waals surface area contributed by atoms with Crippen molar-refractivity contribution in [3.63, 3.8) is 0 Å². The molecule has 0 bridgehead atoms. The number of hydrogen-bond donors (Lipinski definition) is 0. The third kappa shape index (κ3) is 6.41. The molecule has 2 amide bonds. The van der Waals surface area contributed by atoms with E-state index in [1.165, 1.54) is 18.6 Å². The number of aromatic nitrogens is 2. The summed E-state index contributed by atoms with van der Waals surface area (Å²) in [6.07, 6.45) is 9.62. The van der Waals surface area contributed by atoms with Gasteiger partial charge in [-0.05, 0) is 61.3 Å². The van der Waals surface area contributed by atoms with Crippen LogP contribution in [0.2, 0.25) is 0 Å². The lowest BCUT2D eigenvalue weighted by atomic mass is 9.73. The molecule has 2 aliphatic rings. The van der Waals surface area contributed by atoms with Crippen LogP contribution < -0.4 is 4.74 Å². The van der Waals surface area contributed by atoms with Crippen molar-refractivity contribution >= 4 is 11.8 Å². The maximum absolute atomic E-state index is 13.7. The van der Waals surface area contributed by atoms with Crippen LogP contribution in [0, 0.1) is 17.0 Å². The molecule has 39 heavy (non-hydrogen) atoms. The molecule has 2 aliphatic heterocycles. The Morgan fingerprint density at radius 1 is 0.872 bits per heavy atom. The van der Waals surface area contributed by atoms with E-state index in [1.54, 1.807) is 9.80 Å². The normalized spacial score (nSPS) is 17.9. The standard InChI is InChI=1S/C30H32F2N4O3/c31-24-17-23(18-25(32)19-24)28(37)35-13-9-30(10-14-35)8-4-3-6-22-5-1-2-7-27(22)39-16-15-36(21-30)29(38)26-20-33-11-12-34-26/h1-2,5,7,11-12,17-20H,3-4,6,8-10,13-16,21H2. The van der Waals surface area contributed by atoms with E-state index in [9.17, 15) is 18.4 Å². The number of para-hydroxylation sites is 1. The van der Waals surface area contributed by atoms with Crippen LogP contribution in [-0.2, 0) is 6.42 Å². The Morgan fingerprint density at radius 2 is 1.64 bits per heavy atom. The van der Waals surface area contributed by atoms with Gasteiger partial charge >= 0.3 is 0 Å². The molecule has 3 aromatic rings. The van der Waals surface area contributed by atoms with E-state index in [1.807, 2.05) is 18.2 Å². The van der Waals surface area contributed by atoms with Crippen LogP contribution in [0.1, 0.15) is 58.5 Å². The molecule has 0 N–H and O–H groups in total. The summed E-state index contributed by atoms with van der Waals surface area (Å²) in [5.74, 6) is -1.28. The van der Waals surface area contributed by atoms with E-state index >= 15 is 0 Å². The molecule has 2 aromatic carbocycles. The quantitative estimate of drug-likeness (QED) is 0.466. The number of nitrogens with zero attached hydrogens (tertiary/aromatic N) is 4. The Bertz CT molecular complexity index is 1290. The largest absolute Gasteiger partial charge is 0.491 e. The van der Waals surface area contributed by atoms with Crippen molar-refractivity contribution in [2.45, 2.75) is 38.5 Å². The molecule has 0 aliphatic carbocycles. The summed E-state index contributed by atoms with van der Waals surface area (Å²) in [6.45, 7) is 2.13. The molecular weight excluding hydrogens is 502 g/mol. The van der Waals surface area contributed by atoms with Gasteiger partial charge in [0.25, 0.3) is 11.8 Å². The Kier molecular flexibility index (Phi) is 8.14. The number of hydrogen-bond acceptors (Lipinski definition) is 5. The Hall–Kier alpha value is -3.88. The summed E-state index contributed by atoms with van der Waals surface area (Å²) in [5, 5.41) is 0. The van der Waals surface area contributed by atoms with E-state index in [0.717, 1.165) is 55.2 Å². The van der Waals surface area contributed by atoms with Gasteiger partial charge in [0.1, 0.15) is 29.7 Å². The number of halogens is 2. The molecule has 1 aromatic heterocycles. The Morgan fingerprint density at radius 3 is 2.38 bits per heavy atom. The van der Waals surface area contributed by atoms with Gasteiger partial charge in [-0.3, -0.25) is 14.6 Å². The second kappa shape index (κ2) is 11.9. The number of aryl methyl sites for hydroxylation is 1. The number of amides is 2. The van der Waals surface area contributed by atoms with Crippen molar-refractivity contribution in [3.8, 4) is 5.75 Å². The maximum Gasteiger partial charge on any atom is 0.274 e. The molecular formula is C30H32F2N4O3. The average Bonchev–Trinajstić information content (AvgIpc) is 2.94. The van der Waals surface area contributed by atoms with Crippen LogP contribution in [0.15, 0.2) is 61.1 Å². The van der Waals surface area contributed by atoms with Crippen LogP contribution in [0.25, 0.3) is 0 Å². The molecule has 0 unspecified atom stereocenters. The zero-order valence-electron chi connectivity index (χ0n) is 21.8. The maximum atomic E-state index is 13.7. The molecule has 7 nitrogen and oxygen atoms in total. The minimum absolute atomic E-state index is 0.0115. The van der Waals surface area contributed by atoms with Gasteiger partial charge < -0.3 is 14.5 Å². The van der Waals surface area contributed by atoms with E-state index in [0.29, 0.717) is 45.6 Å². The molecule has 1 fully saturated rings. The van der Waals surface area contributed by atoms with Crippen molar-refractivity contribution < 1.29 is 23.1 Å². The van der Waals surface area contributed by atoms with E-state index in [4.69, 9.17) is 4.74 Å². The lowest BCUT2D eigenvalue weighted by Crippen LogP contribution is -2.50. The lowest BCUT2D eigenvalue weighted by Gasteiger charge is -2.45. The summed E-state index contributed by atoms with van der Waals surface area (Å²) in [5.41, 5.74) is 1.24. The monoisotopic (exact) mass is 534 g/mol. The Balaban J connectivity index is 1.36. The minimum atomic E-state index is -0.770. The van der Waals surface area contributed by atoms with Gasteiger partial charge in [0.15, 0.2) is 0 Å². The fraction of sp³-hybridized carbons (Fsp3) is 0.400. The number of benzene rings is 2. The molecule has 204 valence electrons. The van der Waals surface area contributed by atoms with Gasteiger partial charge in [-0.2, -0.15) is 0 Å². The lowest BCUT2D eigenvalue weighted by molar-refractivity contribution is 0.0325. The van der Waals surface area contributed by atoms with Gasteiger partial charge in [-0.1, -0.05) is 24.6 Å². The second-order valence-electron chi connectivity index (χ2n) is 10.4. The van der Waals surface area contributed by atoms with Crippen LogP contribution in [0.5, 0.6) is 5.75 Å².